The van der Waals surface area contributed by atoms with E-state index in [1.54, 1.807) is 7.05 Å². The molecular formula is C11H20N2O. The molecule has 2 aliphatic rings. The minimum Gasteiger partial charge on any atom is -0.460 e. The van der Waals surface area contributed by atoms with Gasteiger partial charge in [-0.3, -0.25) is 0 Å². The van der Waals surface area contributed by atoms with E-state index in [9.17, 15) is 0 Å². The van der Waals surface area contributed by atoms with E-state index in [2.05, 4.69) is 23.9 Å². The SMILES string of the molecule is CN=C1OC2CCCC(C)CC2N1C. The molecule has 1 heterocycles. The number of hydrogen-bond acceptors (Lipinski definition) is 2. The highest BCUT2D eigenvalue weighted by atomic mass is 16.5. The first-order valence-corrected chi connectivity index (χ1v) is 5.58. The molecule has 0 N–H and O–H groups in total. The highest BCUT2D eigenvalue weighted by molar-refractivity contribution is 5.76. The van der Waals surface area contributed by atoms with Crippen LogP contribution in [0, 0.1) is 5.92 Å². The van der Waals surface area contributed by atoms with Crippen LogP contribution < -0.4 is 0 Å². The van der Waals surface area contributed by atoms with Crippen molar-refractivity contribution in [1.29, 1.82) is 0 Å². The van der Waals surface area contributed by atoms with Crippen molar-refractivity contribution in [2.24, 2.45) is 10.9 Å². The summed E-state index contributed by atoms with van der Waals surface area (Å²) in [6.45, 7) is 2.34. The van der Waals surface area contributed by atoms with E-state index in [0.717, 1.165) is 11.9 Å². The van der Waals surface area contributed by atoms with Gasteiger partial charge in [-0.25, -0.2) is 4.99 Å². The predicted molar refractivity (Wildman–Crippen MR) is 57.4 cm³/mol. The van der Waals surface area contributed by atoms with Crippen molar-refractivity contribution in [3.05, 3.63) is 0 Å². The molecule has 3 nitrogen and oxygen atoms in total. The van der Waals surface area contributed by atoms with Gasteiger partial charge in [-0.05, 0) is 25.2 Å². The quantitative estimate of drug-likeness (QED) is 0.591. The summed E-state index contributed by atoms with van der Waals surface area (Å²) in [4.78, 5) is 6.38. The molecule has 14 heavy (non-hydrogen) atoms. The zero-order valence-electron chi connectivity index (χ0n) is 9.36. The minimum absolute atomic E-state index is 0.392. The molecule has 1 aliphatic heterocycles. The number of rotatable bonds is 0. The lowest BCUT2D eigenvalue weighted by Gasteiger charge is -2.21. The number of nitrogens with zero attached hydrogens (tertiary/aromatic N) is 2. The van der Waals surface area contributed by atoms with Gasteiger partial charge in [0, 0.05) is 14.1 Å². The van der Waals surface area contributed by atoms with Crippen molar-refractivity contribution in [2.75, 3.05) is 14.1 Å². The third-order valence-electron chi connectivity index (χ3n) is 3.51. The van der Waals surface area contributed by atoms with Gasteiger partial charge in [0.2, 0.25) is 0 Å². The molecule has 80 valence electrons. The number of aliphatic imine (C=N–C) groups is 1. The Morgan fingerprint density at radius 1 is 1.43 bits per heavy atom. The monoisotopic (exact) mass is 196 g/mol. The van der Waals surface area contributed by atoms with E-state index < -0.39 is 0 Å². The Morgan fingerprint density at radius 3 is 2.93 bits per heavy atom. The summed E-state index contributed by atoms with van der Waals surface area (Å²) in [6, 6.07) is 1.39. The zero-order valence-corrected chi connectivity index (χ0v) is 9.36. The lowest BCUT2D eigenvalue weighted by Crippen LogP contribution is -2.34. The smallest absolute Gasteiger partial charge is 0.287 e. The Balaban J connectivity index is 2.13. The lowest BCUT2D eigenvalue weighted by atomic mass is 9.99. The maximum Gasteiger partial charge on any atom is 0.287 e. The van der Waals surface area contributed by atoms with Gasteiger partial charge in [-0.1, -0.05) is 13.3 Å². The highest BCUT2D eigenvalue weighted by Crippen LogP contribution is 2.32. The summed E-state index contributed by atoms with van der Waals surface area (Å²) in [5.41, 5.74) is 0. The fourth-order valence-corrected chi connectivity index (χ4v) is 2.66. The molecule has 0 spiro atoms. The van der Waals surface area contributed by atoms with Crippen LogP contribution in [0.4, 0.5) is 0 Å². The van der Waals surface area contributed by atoms with Crippen LogP contribution in [0.5, 0.6) is 0 Å². The molecule has 1 aliphatic carbocycles. The Kier molecular flexibility index (Phi) is 2.66. The first-order valence-electron chi connectivity index (χ1n) is 5.58. The van der Waals surface area contributed by atoms with Crippen molar-refractivity contribution in [3.8, 4) is 0 Å². The molecule has 0 aromatic heterocycles. The summed E-state index contributed by atoms with van der Waals surface area (Å²) >= 11 is 0. The summed E-state index contributed by atoms with van der Waals surface area (Å²) in [5, 5.41) is 0. The molecule has 1 saturated heterocycles. The van der Waals surface area contributed by atoms with Crippen molar-refractivity contribution in [3.63, 3.8) is 0 Å². The van der Waals surface area contributed by atoms with Crippen LogP contribution in [-0.4, -0.2) is 37.2 Å². The Morgan fingerprint density at radius 2 is 2.21 bits per heavy atom. The fourth-order valence-electron chi connectivity index (χ4n) is 2.66. The van der Waals surface area contributed by atoms with Gasteiger partial charge >= 0.3 is 0 Å². The molecule has 3 heteroatoms. The number of likely N-dealkylation sites (N-methyl/N-ethyl adjacent to an activating group) is 1. The van der Waals surface area contributed by atoms with Crippen LogP contribution >= 0.6 is 0 Å². The van der Waals surface area contributed by atoms with Gasteiger partial charge in [0.15, 0.2) is 0 Å². The molecule has 0 aromatic carbocycles. The van der Waals surface area contributed by atoms with E-state index in [1.807, 2.05) is 0 Å². The van der Waals surface area contributed by atoms with E-state index in [0.29, 0.717) is 12.1 Å². The van der Waals surface area contributed by atoms with Crippen LogP contribution in [0.15, 0.2) is 4.99 Å². The maximum absolute atomic E-state index is 5.83. The fraction of sp³-hybridized carbons (Fsp3) is 0.909. The van der Waals surface area contributed by atoms with Gasteiger partial charge in [0.1, 0.15) is 6.10 Å². The molecule has 0 bridgehead atoms. The third-order valence-corrected chi connectivity index (χ3v) is 3.51. The molecular weight excluding hydrogens is 176 g/mol. The average molecular weight is 196 g/mol. The molecule has 0 aromatic rings. The van der Waals surface area contributed by atoms with Gasteiger partial charge < -0.3 is 9.64 Å². The summed E-state index contributed by atoms with van der Waals surface area (Å²) in [5.74, 6) is 0.826. The Hall–Kier alpha value is -0.730. The largest absolute Gasteiger partial charge is 0.460 e. The average Bonchev–Trinajstić information content (AvgIpc) is 2.35. The van der Waals surface area contributed by atoms with Gasteiger partial charge in [0.05, 0.1) is 6.04 Å². The van der Waals surface area contributed by atoms with Gasteiger partial charge in [0.25, 0.3) is 6.02 Å². The second-order valence-corrected chi connectivity index (χ2v) is 4.61. The maximum atomic E-state index is 5.83. The first kappa shape index (κ1) is 9.81. The van der Waals surface area contributed by atoms with Crippen LogP contribution in [0.1, 0.15) is 32.6 Å². The van der Waals surface area contributed by atoms with E-state index >= 15 is 0 Å². The normalized spacial score (nSPS) is 40.6. The standard InChI is InChI=1S/C11H20N2O/c1-8-5-4-6-10-9(7-8)13(3)11(12-2)14-10/h8-10H,4-7H2,1-3H3. The predicted octanol–water partition coefficient (Wildman–Crippen LogP) is 1.88. The number of hydrogen-bond donors (Lipinski definition) is 0. The number of amidine groups is 1. The molecule has 0 radical (unpaired) electrons. The molecule has 2 rings (SSSR count). The molecule has 3 atom stereocenters. The number of ether oxygens (including phenoxy) is 1. The van der Waals surface area contributed by atoms with Gasteiger partial charge in [-0.2, -0.15) is 0 Å². The van der Waals surface area contributed by atoms with Crippen LogP contribution in [0.25, 0.3) is 0 Å². The Bertz CT molecular complexity index is 239. The first-order chi connectivity index (χ1) is 6.72. The second-order valence-electron chi connectivity index (χ2n) is 4.61. The number of fused-ring (bicyclic) bond motifs is 1. The summed E-state index contributed by atoms with van der Waals surface area (Å²) in [7, 11) is 3.91. The molecule has 2 fully saturated rings. The van der Waals surface area contributed by atoms with Crippen molar-refractivity contribution >= 4 is 6.02 Å². The van der Waals surface area contributed by atoms with Crippen LogP contribution in [-0.2, 0) is 4.74 Å². The minimum atomic E-state index is 0.392. The summed E-state index contributed by atoms with van der Waals surface area (Å²) in [6.07, 6.45) is 5.48. The van der Waals surface area contributed by atoms with Crippen LogP contribution in [0.2, 0.25) is 0 Å². The third kappa shape index (κ3) is 1.60. The van der Waals surface area contributed by atoms with E-state index in [1.165, 1.54) is 25.7 Å². The topological polar surface area (TPSA) is 24.8 Å². The van der Waals surface area contributed by atoms with Crippen LogP contribution in [0.3, 0.4) is 0 Å². The second kappa shape index (κ2) is 3.79. The van der Waals surface area contributed by atoms with E-state index in [4.69, 9.17) is 4.74 Å². The molecule has 3 unspecified atom stereocenters. The van der Waals surface area contributed by atoms with Crippen molar-refractivity contribution in [2.45, 2.75) is 44.8 Å². The van der Waals surface area contributed by atoms with Crippen molar-refractivity contribution < 1.29 is 4.74 Å². The molecule has 0 amide bonds. The summed E-state index contributed by atoms with van der Waals surface area (Å²) < 4.78 is 5.83. The zero-order chi connectivity index (χ0) is 10.1. The highest BCUT2D eigenvalue weighted by Gasteiger charge is 2.39. The van der Waals surface area contributed by atoms with E-state index in [-0.39, 0.29) is 0 Å². The van der Waals surface area contributed by atoms with Crippen molar-refractivity contribution in [1.82, 2.24) is 4.90 Å². The lowest BCUT2D eigenvalue weighted by molar-refractivity contribution is 0.179. The molecule has 1 saturated carbocycles. The van der Waals surface area contributed by atoms with Gasteiger partial charge in [-0.15, -0.1) is 0 Å². The Labute approximate surface area is 86.1 Å².